The lowest BCUT2D eigenvalue weighted by atomic mass is 10.4. The van der Waals surface area contributed by atoms with Crippen molar-refractivity contribution in [3.05, 3.63) is 24.5 Å². The highest BCUT2D eigenvalue weighted by Gasteiger charge is 1.73. The van der Waals surface area contributed by atoms with Gasteiger partial charge in [-0.15, -0.1) is 34.0 Å². The fourth-order valence-electron chi connectivity index (χ4n) is 0.363. The zero-order valence-electron chi connectivity index (χ0n) is 4.65. The van der Waals surface area contributed by atoms with E-state index < -0.39 is 0 Å². The van der Waals surface area contributed by atoms with Gasteiger partial charge in [0.05, 0.1) is 0 Å². The molecule has 0 fully saturated rings. The molecule has 1 heterocycles. The van der Waals surface area contributed by atoms with Crippen LogP contribution in [0.3, 0.4) is 0 Å². The molecule has 0 saturated carbocycles. The van der Waals surface area contributed by atoms with Crippen LogP contribution in [-0.2, 0) is 0 Å². The number of rotatable bonds is 0. The van der Waals surface area contributed by atoms with Gasteiger partial charge in [-0.1, -0.05) is 0 Å². The fourth-order valence-corrected chi connectivity index (χ4v) is 0.363. The number of aromatic nitrogens is 1. The van der Waals surface area contributed by atoms with Gasteiger partial charge in [-0.3, -0.25) is 4.98 Å². The first kappa shape index (κ1) is 11.7. The van der Waals surface area contributed by atoms with Crippen LogP contribution in [0, 0.1) is 0 Å². The minimum absolute atomic E-state index is 0. The normalized spacial score (nSPS) is 6.67. The van der Waals surface area contributed by atoms with Gasteiger partial charge >= 0.3 is 0 Å². The standard InChI is InChI=1S/C5H6N2.2BrH/c6-5-1-3-7-4-2-5;;/h1-4H,(H2,6,7);2*1H. The number of halogens is 2. The first-order valence-corrected chi connectivity index (χ1v) is 2.05. The number of anilines is 1. The molecule has 0 spiro atoms. The summed E-state index contributed by atoms with van der Waals surface area (Å²) < 4.78 is 0. The van der Waals surface area contributed by atoms with Crippen LogP contribution in [0.2, 0.25) is 0 Å². The van der Waals surface area contributed by atoms with E-state index in [0.717, 1.165) is 5.69 Å². The molecule has 0 amide bonds. The van der Waals surface area contributed by atoms with Crippen LogP contribution in [0.15, 0.2) is 24.5 Å². The summed E-state index contributed by atoms with van der Waals surface area (Å²) in [5.41, 5.74) is 6.08. The predicted molar refractivity (Wildman–Crippen MR) is 49.3 cm³/mol. The van der Waals surface area contributed by atoms with E-state index in [1.54, 1.807) is 24.5 Å². The van der Waals surface area contributed by atoms with Crippen LogP contribution in [0.4, 0.5) is 5.69 Å². The predicted octanol–water partition coefficient (Wildman–Crippen LogP) is 1.82. The van der Waals surface area contributed by atoms with Gasteiger partial charge in [0.1, 0.15) is 0 Å². The Labute approximate surface area is 75.0 Å². The largest absolute Gasteiger partial charge is 0.399 e. The van der Waals surface area contributed by atoms with Gasteiger partial charge in [0, 0.05) is 18.1 Å². The summed E-state index contributed by atoms with van der Waals surface area (Å²) in [4.78, 5) is 3.77. The monoisotopic (exact) mass is 254 g/mol. The van der Waals surface area contributed by atoms with Crippen molar-refractivity contribution in [2.75, 3.05) is 5.73 Å². The van der Waals surface area contributed by atoms with Crippen molar-refractivity contribution in [1.29, 1.82) is 0 Å². The average molecular weight is 256 g/mol. The van der Waals surface area contributed by atoms with Crippen molar-refractivity contribution in [3.63, 3.8) is 0 Å². The van der Waals surface area contributed by atoms with Crippen molar-refractivity contribution >= 4 is 39.7 Å². The van der Waals surface area contributed by atoms with Crippen molar-refractivity contribution in [1.82, 2.24) is 4.98 Å². The van der Waals surface area contributed by atoms with Gasteiger partial charge in [-0.25, -0.2) is 0 Å². The van der Waals surface area contributed by atoms with Gasteiger partial charge in [0.25, 0.3) is 0 Å². The molecule has 0 saturated heterocycles. The Bertz CT molecular complexity index is 143. The molecule has 1 aromatic heterocycles. The van der Waals surface area contributed by atoms with Gasteiger partial charge < -0.3 is 5.73 Å². The van der Waals surface area contributed by atoms with E-state index in [1.807, 2.05) is 0 Å². The maximum atomic E-state index is 5.32. The SMILES string of the molecule is Br.Br.Nc1ccncc1. The minimum atomic E-state index is 0. The Morgan fingerprint density at radius 1 is 1.11 bits per heavy atom. The maximum Gasteiger partial charge on any atom is 0.0344 e. The molecular formula is C5H8Br2N2. The Hall–Kier alpha value is -0.0900. The van der Waals surface area contributed by atoms with Gasteiger partial charge in [-0.05, 0) is 12.1 Å². The molecule has 0 bridgehead atoms. The second-order valence-corrected chi connectivity index (χ2v) is 1.28. The Morgan fingerprint density at radius 3 is 1.78 bits per heavy atom. The number of hydrogen-bond donors (Lipinski definition) is 1. The van der Waals surface area contributed by atoms with E-state index >= 15 is 0 Å². The number of nitrogens with zero attached hydrogens (tertiary/aromatic N) is 1. The van der Waals surface area contributed by atoms with E-state index in [2.05, 4.69) is 4.98 Å². The molecule has 0 aromatic carbocycles. The molecular weight excluding hydrogens is 248 g/mol. The first-order valence-electron chi connectivity index (χ1n) is 2.05. The summed E-state index contributed by atoms with van der Waals surface area (Å²) in [6.45, 7) is 0. The molecule has 0 atom stereocenters. The molecule has 2 N–H and O–H groups in total. The molecule has 4 heteroatoms. The lowest BCUT2D eigenvalue weighted by molar-refractivity contribution is 1.33. The van der Waals surface area contributed by atoms with Gasteiger partial charge in [0.15, 0.2) is 0 Å². The number of nitrogens with two attached hydrogens (primary N) is 1. The second kappa shape index (κ2) is 6.04. The highest BCUT2D eigenvalue weighted by atomic mass is 79.9. The van der Waals surface area contributed by atoms with Crippen molar-refractivity contribution in [2.24, 2.45) is 0 Å². The Balaban J connectivity index is 0. The Kier molecular flexibility index (Phi) is 7.83. The minimum Gasteiger partial charge on any atom is -0.399 e. The zero-order chi connectivity index (χ0) is 5.11. The number of nitrogen functional groups attached to an aromatic ring is 1. The summed E-state index contributed by atoms with van der Waals surface area (Å²) in [5, 5.41) is 0. The van der Waals surface area contributed by atoms with Crippen molar-refractivity contribution in [2.45, 2.75) is 0 Å². The molecule has 1 aromatic rings. The smallest absolute Gasteiger partial charge is 0.0344 e. The summed E-state index contributed by atoms with van der Waals surface area (Å²) in [6.07, 6.45) is 3.32. The molecule has 0 aliphatic carbocycles. The quantitative estimate of drug-likeness (QED) is 0.768. The highest BCUT2D eigenvalue weighted by molar-refractivity contribution is 8.93. The fraction of sp³-hybridized carbons (Fsp3) is 0. The van der Waals surface area contributed by atoms with Crippen LogP contribution in [0.5, 0.6) is 0 Å². The molecule has 9 heavy (non-hydrogen) atoms. The van der Waals surface area contributed by atoms with E-state index in [4.69, 9.17) is 5.73 Å². The van der Waals surface area contributed by atoms with E-state index in [0.29, 0.717) is 0 Å². The van der Waals surface area contributed by atoms with Crippen LogP contribution in [0.25, 0.3) is 0 Å². The summed E-state index contributed by atoms with van der Waals surface area (Å²) >= 11 is 0. The van der Waals surface area contributed by atoms with Gasteiger partial charge in [-0.2, -0.15) is 0 Å². The van der Waals surface area contributed by atoms with Crippen LogP contribution < -0.4 is 5.73 Å². The summed E-state index contributed by atoms with van der Waals surface area (Å²) in [6, 6.07) is 3.50. The third-order valence-electron chi connectivity index (χ3n) is 0.706. The van der Waals surface area contributed by atoms with Crippen molar-refractivity contribution < 1.29 is 0 Å². The van der Waals surface area contributed by atoms with Crippen molar-refractivity contribution in [3.8, 4) is 0 Å². The molecule has 0 radical (unpaired) electrons. The third-order valence-corrected chi connectivity index (χ3v) is 0.706. The van der Waals surface area contributed by atoms with Gasteiger partial charge in [0.2, 0.25) is 0 Å². The average Bonchev–Trinajstić information content (AvgIpc) is 1.69. The molecule has 0 aliphatic rings. The third kappa shape index (κ3) is 4.42. The topological polar surface area (TPSA) is 38.9 Å². The first-order chi connectivity index (χ1) is 3.39. The van der Waals surface area contributed by atoms with Crippen LogP contribution in [0.1, 0.15) is 0 Å². The molecule has 0 aliphatic heterocycles. The number of hydrogen-bond acceptors (Lipinski definition) is 2. The summed E-state index contributed by atoms with van der Waals surface area (Å²) in [5.74, 6) is 0. The van der Waals surface area contributed by atoms with E-state index in [-0.39, 0.29) is 34.0 Å². The summed E-state index contributed by atoms with van der Waals surface area (Å²) in [7, 11) is 0. The molecule has 0 unspecified atom stereocenters. The lowest BCUT2D eigenvalue weighted by Gasteiger charge is -1.83. The Morgan fingerprint density at radius 2 is 1.56 bits per heavy atom. The molecule has 1 rings (SSSR count). The lowest BCUT2D eigenvalue weighted by Crippen LogP contribution is -1.81. The van der Waals surface area contributed by atoms with E-state index in [9.17, 15) is 0 Å². The van der Waals surface area contributed by atoms with E-state index in [1.165, 1.54) is 0 Å². The maximum absolute atomic E-state index is 5.32. The van der Waals surface area contributed by atoms with Crippen LogP contribution >= 0.6 is 34.0 Å². The zero-order valence-corrected chi connectivity index (χ0v) is 8.08. The van der Waals surface area contributed by atoms with Crippen LogP contribution in [-0.4, -0.2) is 4.98 Å². The molecule has 2 nitrogen and oxygen atoms in total. The highest BCUT2D eigenvalue weighted by Crippen LogP contribution is 1.92. The number of pyridine rings is 1. The molecule has 52 valence electrons. The second-order valence-electron chi connectivity index (χ2n) is 1.28.